The molecule has 0 fully saturated rings. The lowest BCUT2D eigenvalue weighted by Gasteiger charge is -2.28. The van der Waals surface area contributed by atoms with Crippen molar-refractivity contribution in [2.75, 3.05) is 14.2 Å². The Balaban J connectivity index is 1.76. The number of carbonyl (C=O) groups is 2. The van der Waals surface area contributed by atoms with E-state index in [0.29, 0.717) is 28.1 Å². The second kappa shape index (κ2) is 11.2. The molecule has 8 heteroatoms. The number of allylic oxidation sites excluding steroid dienone is 2. The van der Waals surface area contributed by atoms with E-state index in [1.54, 1.807) is 42.5 Å². The number of methoxy groups -OCH3 is 2. The highest BCUT2D eigenvalue weighted by Crippen LogP contribution is 2.31. The average Bonchev–Trinajstić information content (AvgIpc) is 2.92. The molecule has 3 aromatic carbocycles. The van der Waals surface area contributed by atoms with Crippen molar-refractivity contribution < 1.29 is 29.3 Å². The van der Waals surface area contributed by atoms with E-state index in [0.717, 1.165) is 5.56 Å². The van der Waals surface area contributed by atoms with Crippen LogP contribution in [0.15, 0.2) is 90.2 Å². The van der Waals surface area contributed by atoms with Crippen LogP contribution in [0.5, 0.6) is 23.0 Å². The lowest BCUT2D eigenvalue weighted by Crippen LogP contribution is -2.45. The predicted molar refractivity (Wildman–Crippen MR) is 140 cm³/mol. The van der Waals surface area contributed by atoms with E-state index in [9.17, 15) is 19.8 Å². The highest BCUT2D eigenvalue weighted by Gasteiger charge is 2.30. The van der Waals surface area contributed by atoms with E-state index in [1.807, 2.05) is 30.3 Å². The number of aromatic hydroxyl groups is 2. The molecule has 1 aliphatic rings. The van der Waals surface area contributed by atoms with Crippen molar-refractivity contribution in [1.29, 1.82) is 0 Å². The van der Waals surface area contributed by atoms with Crippen LogP contribution in [-0.4, -0.2) is 36.2 Å². The number of ether oxygens (including phenoxy) is 2. The molecule has 1 heterocycles. The molecular weight excluding hydrogens is 472 g/mol. The van der Waals surface area contributed by atoms with Crippen LogP contribution in [0, 0.1) is 0 Å². The van der Waals surface area contributed by atoms with Crippen LogP contribution < -0.4 is 20.1 Å². The second-order valence-corrected chi connectivity index (χ2v) is 8.16. The fraction of sp³-hybridized carbons (Fsp3) is 0.103. The molecule has 0 spiro atoms. The number of urea groups is 1. The van der Waals surface area contributed by atoms with E-state index >= 15 is 0 Å². The molecule has 3 aromatic rings. The van der Waals surface area contributed by atoms with Crippen molar-refractivity contribution in [3.05, 3.63) is 107 Å². The Labute approximate surface area is 214 Å². The van der Waals surface area contributed by atoms with Gasteiger partial charge in [-0.05, 0) is 53.1 Å². The first-order valence-corrected chi connectivity index (χ1v) is 11.4. The maximum Gasteiger partial charge on any atom is 0.320 e. The molecule has 0 radical (unpaired) electrons. The van der Waals surface area contributed by atoms with Gasteiger partial charge in [-0.3, -0.25) is 4.79 Å². The van der Waals surface area contributed by atoms with Gasteiger partial charge in [0.2, 0.25) is 0 Å². The van der Waals surface area contributed by atoms with E-state index in [4.69, 9.17) is 9.47 Å². The number of phenolic OH excluding ortho intramolecular Hbond substituents is 2. The van der Waals surface area contributed by atoms with Gasteiger partial charge in [0.05, 0.1) is 26.0 Å². The molecule has 4 N–H and O–H groups in total. The molecule has 37 heavy (non-hydrogen) atoms. The minimum absolute atomic E-state index is 0.00435. The monoisotopic (exact) mass is 498 g/mol. The van der Waals surface area contributed by atoms with Crippen LogP contribution in [0.2, 0.25) is 0 Å². The first-order valence-electron chi connectivity index (χ1n) is 11.4. The number of amides is 2. The topological polar surface area (TPSA) is 117 Å². The molecular formula is C29H26N2O6. The van der Waals surface area contributed by atoms with Gasteiger partial charge in [0.25, 0.3) is 0 Å². The fourth-order valence-corrected chi connectivity index (χ4v) is 3.92. The lowest BCUT2D eigenvalue weighted by atomic mass is 9.91. The number of hydrogen-bond donors (Lipinski definition) is 4. The Hall–Kier alpha value is -4.98. The molecule has 1 aliphatic heterocycles. The molecule has 0 bridgehead atoms. The third kappa shape index (κ3) is 5.82. The number of phenols is 2. The number of carbonyl (C=O) groups excluding carboxylic acids is 2. The van der Waals surface area contributed by atoms with Gasteiger partial charge in [-0.1, -0.05) is 54.6 Å². The number of rotatable bonds is 8. The Morgan fingerprint density at radius 2 is 1.43 bits per heavy atom. The van der Waals surface area contributed by atoms with Crippen LogP contribution in [0.4, 0.5) is 4.79 Å². The van der Waals surface area contributed by atoms with Gasteiger partial charge in [0.1, 0.15) is 0 Å². The summed E-state index contributed by atoms with van der Waals surface area (Å²) >= 11 is 0. The summed E-state index contributed by atoms with van der Waals surface area (Å²) in [6.45, 7) is 0. The maximum absolute atomic E-state index is 13.5. The van der Waals surface area contributed by atoms with E-state index in [1.165, 1.54) is 32.4 Å². The summed E-state index contributed by atoms with van der Waals surface area (Å²) in [5, 5.41) is 25.3. The number of benzene rings is 3. The van der Waals surface area contributed by atoms with Gasteiger partial charge in [-0.2, -0.15) is 0 Å². The first-order chi connectivity index (χ1) is 17.9. The number of ketones is 1. The first kappa shape index (κ1) is 25.1. The highest BCUT2D eigenvalue weighted by atomic mass is 16.5. The van der Waals surface area contributed by atoms with Crippen molar-refractivity contribution in [2.45, 2.75) is 6.04 Å². The van der Waals surface area contributed by atoms with Gasteiger partial charge in [0.15, 0.2) is 28.8 Å². The standard InChI is InChI=1S/C29H26N2O6/c1-36-25-16-18(9-13-22(25)32)8-12-21-27(28(31-29(35)30-21)20-6-4-3-5-7-20)24(34)15-11-19-10-14-23(33)26(17-19)37-2/h3-17,28,32-33H,1-2H3,(H2,30,31,35)/b12-8+,15-11+. The second-order valence-electron chi connectivity index (χ2n) is 8.16. The molecule has 0 saturated carbocycles. The Morgan fingerprint density at radius 1 is 0.838 bits per heavy atom. The molecule has 188 valence electrons. The average molecular weight is 499 g/mol. The molecule has 1 unspecified atom stereocenters. The third-order valence-electron chi connectivity index (χ3n) is 5.78. The largest absolute Gasteiger partial charge is 0.504 e. The SMILES string of the molecule is COc1cc(/C=C/C(=O)C2=C(/C=C/c3ccc(O)c(OC)c3)NC(=O)NC2c2ccccc2)ccc1O. The Morgan fingerprint density at radius 3 is 2.03 bits per heavy atom. The van der Waals surface area contributed by atoms with Gasteiger partial charge in [-0.15, -0.1) is 0 Å². The summed E-state index contributed by atoms with van der Waals surface area (Å²) in [5.41, 5.74) is 2.78. The Bertz CT molecular complexity index is 1410. The lowest BCUT2D eigenvalue weighted by molar-refractivity contribution is -0.111. The van der Waals surface area contributed by atoms with Crippen molar-refractivity contribution >= 4 is 24.0 Å². The van der Waals surface area contributed by atoms with Gasteiger partial charge < -0.3 is 30.3 Å². The minimum Gasteiger partial charge on any atom is -0.504 e. The van der Waals surface area contributed by atoms with Crippen LogP contribution in [0.1, 0.15) is 22.7 Å². The molecule has 2 amide bonds. The zero-order valence-corrected chi connectivity index (χ0v) is 20.3. The normalized spacial score (nSPS) is 15.5. The highest BCUT2D eigenvalue weighted by molar-refractivity contribution is 6.09. The van der Waals surface area contributed by atoms with E-state index in [-0.39, 0.29) is 23.0 Å². The zero-order chi connectivity index (χ0) is 26.4. The van der Waals surface area contributed by atoms with Crippen LogP contribution in [-0.2, 0) is 4.79 Å². The van der Waals surface area contributed by atoms with Gasteiger partial charge in [0, 0.05) is 5.57 Å². The van der Waals surface area contributed by atoms with Gasteiger partial charge in [-0.25, -0.2) is 4.79 Å². The van der Waals surface area contributed by atoms with Crippen LogP contribution in [0.3, 0.4) is 0 Å². The molecule has 4 rings (SSSR count). The Kier molecular flexibility index (Phi) is 7.59. The predicted octanol–water partition coefficient (Wildman–Crippen LogP) is 4.72. The van der Waals surface area contributed by atoms with Crippen LogP contribution in [0.25, 0.3) is 12.2 Å². The number of hydrogen-bond acceptors (Lipinski definition) is 6. The minimum atomic E-state index is -0.685. The van der Waals surface area contributed by atoms with Gasteiger partial charge >= 0.3 is 6.03 Å². The fourth-order valence-electron chi connectivity index (χ4n) is 3.92. The summed E-state index contributed by atoms with van der Waals surface area (Å²) in [5.74, 6) is 0.267. The number of nitrogens with one attached hydrogen (secondary N) is 2. The summed E-state index contributed by atoms with van der Waals surface area (Å²) < 4.78 is 10.3. The van der Waals surface area contributed by atoms with E-state index in [2.05, 4.69) is 10.6 Å². The van der Waals surface area contributed by atoms with Crippen molar-refractivity contribution in [2.24, 2.45) is 0 Å². The molecule has 1 atom stereocenters. The summed E-state index contributed by atoms with van der Waals surface area (Å²) in [4.78, 5) is 26.1. The van der Waals surface area contributed by atoms with E-state index < -0.39 is 12.1 Å². The van der Waals surface area contributed by atoms with Crippen molar-refractivity contribution in [1.82, 2.24) is 10.6 Å². The van der Waals surface area contributed by atoms with Crippen molar-refractivity contribution in [3.63, 3.8) is 0 Å². The molecule has 0 aliphatic carbocycles. The molecule has 0 saturated heterocycles. The third-order valence-corrected chi connectivity index (χ3v) is 5.78. The summed E-state index contributed by atoms with van der Waals surface area (Å²) in [6.07, 6.45) is 6.38. The van der Waals surface area contributed by atoms with Crippen LogP contribution >= 0.6 is 0 Å². The zero-order valence-electron chi connectivity index (χ0n) is 20.3. The molecule has 0 aromatic heterocycles. The maximum atomic E-state index is 13.5. The quantitative estimate of drug-likeness (QED) is 0.334. The van der Waals surface area contributed by atoms with Crippen molar-refractivity contribution in [3.8, 4) is 23.0 Å². The molecule has 8 nitrogen and oxygen atoms in total. The summed E-state index contributed by atoms with van der Waals surface area (Å²) in [6, 6.07) is 17.7. The summed E-state index contributed by atoms with van der Waals surface area (Å²) in [7, 11) is 2.90. The smallest absolute Gasteiger partial charge is 0.320 e.